The second-order valence-electron chi connectivity index (χ2n) is 5.44. The summed E-state index contributed by atoms with van der Waals surface area (Å²) in [5.41, 5.74) is -0.148. The van der Waals surface area contributed by atoms with E-state index in [0.29, 0.717) is 0 Å². The van der Waals surface area contributed by atoms with Crippen LogP contribution in [0.2, 0.25) is 0 Å². The zero-order valence-electron chi connectivity index (χ0n) is 12.9. The second kappa shape index (κ2) is 8.05. The van der Waals surface area contributed by atoms with Gasteiger partial charge in [-0.1, -0.05) is 0 Å². The number of nitrogens with one attached hydrogen (secondary N) is 3. The van der Waals surface area contributed by atoms with Crippen molar-refractivity contribution in [2.45, 2.75) is 43.7 Å². The summed E-state index contributed by atoms with van der Waals surface area (Å²) < 4.78 is 41.1. The number of anilines is 1. The van der Waals surface area contributed by atoms with Crippen LogP contribution in [-0.4, -0.2) is 33.0 Å². The lowest BCUT2D eigenvalue weighted by Crippen LogP contribution is -2.51. The normalized spacial score (nSPS) is 21.3. The number of carbonyl (C=O) groups is 1. The number of sulfonamides is 1. The van der Waals surface area contributed by atoms with E-state index in [9.17, 15) is 17.6 Å². The van der Waals surface area contributed by atoms with Crippen LogP contribution in [0.1, 0.15) is 26.7 Å². The lowest BCUT2D eigenvalue weighted by atomic mass is 10.0. The van der Waals surface area contributed by atoms with Gasteiger partial charge in [-0.15, -0.1) is 12.4 Å². The van der Waals surface area contributed by atoms with Crippen molar-refractivity contribution in [1.29, 1.82) is 0 Å². The van der Waals surface area contributed by atoms with Gasteiger partial charge in [0.05, 0.1) is 10.6 Å². The fraction of sp³-hybridized carbons (Fsp3) is 0.500. The molecule has 1 aromatic rings. The zero-order chi connectivity index (χ0) is 16.3. The van der Waals surface area contributed by atoms with Gasteiger partial charge in [0.2, 0.25) is 15.9 Å². The number of hydrogen-bond donors (Lipinski definition) is 3. The Morgan fingerprint density at radius 2 is 2.09 bits per heavy atom. The minimum atomic E-state index is -3.78. The number of halogens is 2. The minimum Gasteiger partial charge on any atom is -0.324 e. The summed E-state index contributed by atoms with van der Waals surface area (Å²) in [5.74, 6) is -1.15. The highest BCUT2D eigenvalue weighted by Crippen LogP contribution is 2.21. The molecule has 1 amide bonds. The van der Waals surface area contributed by atoms with Crippen LogP contribution in [-0.2, 0) is 14.8 Å². The molecule has 6 nitrogen and oxygen atoms in total. The Labute approximate surface area is 141 Å². The Morgan fingerprint density at radius 3 is 2.70 bits per heavy atom. The van der Waals surface area contributed by atoms with Crippen molar-refractivity contribution < 1.29 is 17.6 Å². The molecule has 130 valence electrons. The monoisotopic (exact) mass is 365 g/mol. The number of carbonyl (C=O) groups excluding carboxylic acids is 1. The molecular weight excluding hydrogens is 345 g/mol. The molecule has 1 aliphatic rings. The van der Waals surface area contributed by atoms with E-state index in [1.807, 2.05) is 6.92 Å². The summed E-state index contributed by atoms with van der Waals surface area (Å²) >= 11 is 0. The van der Waals surface area contributed by atoms with E-state index in [1.54, 1.807) is 0 Å². The largest absolute Gasteiger partial charge is 0.324 e. The van der Waals surface area contributed by atoms with Gasteiger partial charge >= 0.3 is 0 Å². The highest BCUT2D eigenvalue weighted by molar-refractivity contribution is 7.89. The molecule has 0 spiro atoms. The fourth-order valence-electron chi connectivity index (χ4n) is 2.43. The van der Waals surface area contributed by atoms with Crippen LogP contribution in [0.5, 0.6) is 0 Å². The first-order chi connectivity index (χ1) is 10.3. The first-order valence-corrected chi connectivity index (χ1v) is 8.61. The summed E-state index contributed by atoms with van der Waals surface area (Å²) in [6, 6.07) is 3.15. The summed E-state index contributed by atoms with van der Waals surface area (Å²) in [7, 11) is -3.78. The summed E-state index contributed by atoms with van der Waals surface area (Å²) in [6.45, 7) is 4.01. The van der Waals surface area contributed by atoms with E-state index in [1.165, 1.54) is 13.0 Å². The molecule has 0 aliphatic carbocycles. The SMILES string of the molecule is CC(=O)Nc1cc(S(=O)(=O)NC2CCCNC2C)ccc1F.Cl. The van der Waals surface area contributed by atoms with E-state index in [4.69, 9.17) is 0 Å². The third-order valence-electron chi connectivity index (χ3n) is 3.63. The standard InChI is InChI=1S/C14H20FN3O3S.ClH/c1-9-13(4-3-7-16-9)18-22(20,21)11-5-6-12(15)14(8-11)17-10(2)19;/h5-6,8-9,13,16,18H,3-4,7H2,1-2H3,(H,17,19);1H. The smallest absolute Gasteiger partial charge is 0.240 e. The third-order valence-corrected chi connectivity index (χ3v) is 5.11. The number of hydrogen-bond acceptors (Lipinski definition) is 4. The molecule has 2 rings (SSSR count). The van der Waals surface area contributed by atoms with Crippen molar-refractivity contribution >= 4 is 34.0 Å². The van der Waals surface area contributed by atoms with Gasteiger partial charge in [0.1, 0.15) is 5.82 Å². The molecule has 3 N–H and O–H groups in total. The molecule has 1 fully saturated rings. The van der Waals surface area contributed by atoms with E-state index >= 15 is 0 Å². The predicted octanol–water partition coefficient (Wildman–Crippen LogP) is 1.62. The van der Waals surface area contributed by atoms with Crippen molar-refractivity contribution in [3.63, 3.8) is 0 Å². The highest BCUT2D eigenvalue weighted by atomic mass is 35.5. The summed E-state index contributed by atoms with van der Waals surface area (Å²) in [6.07, 6.45) is 1.63. The molecule has 0 saturated carbocycles. The van der Waals surface area contributed by atoms with Crippen molar-refractivity contribution in [3.8, 4) is 0 Å². The molecule has 1 aromatic carbocycles. The fourth-order valence-corrected chi connectivity index (χ4v) is 3.81. The lowest BCUT2D eigenvalue weighted by molar-refractivity contribution is -0.114. The summed E-state index contributed by atoms with van der Waals surface area (Å²) in [4.78, 5) is 11.0. The third kappa shape index (κ3) is 5.13. The molecule has 0 aromatic heterocycles. The van der Waals surface area contributed by atoms with Gasteiger partial charge in [-0.2, -0.15) is 0 Å². The van der Waals surface area contributed by atoms with Crippen LogP contribution in [0.4, 0.5) is 10.1 Å². The van der Waals surface area contributed by atoms with E-state index in [-0.39, 0.29) is 35.1 Å². The van der Waals surface area contributed by atoms with Gasteiger partial charge in [0.15, 0.2) is 0 Å². The quantitative estimate of drug-likeness (QED) is 0.756. The van der Waals surface area contributed by atoms with Crippen molar-refractivity contribution in [1.82, 2.24) is 10.0 Å². The van der Waals surface area contributed by atoms with Gasteiger partial charge < -0.3 is 10.6 Å². The van der Waals surface area contributed by atoms with Gasteiger partial charge in [-0.05, 0) is 44.5 Å². The van der Waals surface area contributed by atoms with Gasteiger partial charge in [-0.25, -0.2) is 17.5 Å². The maximum atomic E-state index is 13.6. The van der Waals surface area contributed by atoms with Crippen molar-refractivity contribution in [2.24, 2.45) is 0 Å². The molecule has 23 heavy (non-hydrogen) atoms. The van der Waals surface area contributed by atoms with E-state index in [0.717, 1.165) is 31.5 Å². The Balaban J connectivity index is 0.00000264. The van der Waals surface area contributed by atoms with Gasteiger partial charge in [0, 0.05) is 19.0 Å². The Bertz CT molecular complexity index is 669. The van der Waals surface area contributed by atoms with E-state index < -0.39 is 21.7 Å². The average molecular weight is 366 g/mol. The number of amides is 1. The molecule has 0 bridgehead atoms. The van der Waals surface area contributed by atoms with Crippen LogP contribution in [0.25, 0.3) is 0 Å². The van der Waals surface area contributed by atoms with Crippen LogP contribution in [0.15, 0.2) is 23.1 Å². The average Bonchev–Trinajstić information content (AvgIpc) is 2.43. The molecule has 0 radical (unpaired) electrons. The molecule has 9 heteroatoms. The van der Waals surface area contributed by atoms with Crippen molar-refractivity contribution in [2.75, 3.05) is 11.9 Å². The van der Waals surface area contributed by atoms with Crippen molar-refractivity contribution in [3.05, 3.63) is 24.0 Å². The van der Waals surface area contributed by atoms with Crippen LogP contribution in [0.3, 0.4) is 0 Å². The first-order valence-electron chi connectivity index (χ1n) is 7.12. The van der Waals surface area contributed by atoms with Crippen LogP contribution >= 0.6 is 12.4 Å². The molecule has 1 heterocycles. The molecule has 2 atom stereocenters. The molecule has 1 saturated heterocycles. The Morgan fingerprint density at radius 1 is 1.39 bits per heavy atom. The first kappa shape index (κ1) is 19.8. The number of benzene rings is 1. The maximum Gasteiger partial charge on any atom is 0.240 e. The zero-order valence-corrected chi connectivity index (χ0v) is 14.6. The van der Waals surface area contributed by atoms with E-state index in [2.05, 4.69) is 15.4 Å². The molecular formula is C14H21ClFN3O3S. The molecule has 2 unspecified atom stereocenters. The van der Waals surface area contributed by atoms with Crippen LogP contribution < -0.4 is 15.4 Å². The lowest BCUT2D eigenvalue weighted by Gasteiger charge is -2.30. The van der Waals surface area contributed by atoms with Crippen LogP contribution in [0, 0.1) is 5.82 Å². The Kier molecular flexibility index (Phi) is 6.94. The van der Waals surface area contributed by atoms with Gasteiger partial charge in [-0.3, -0.25) is 4.79 Å². The second-order valence-corrected chi connectivity index (χ2v) is 7.15. The highest BCUT2D eigenvalue weighted by Gasteiger charge is 2.27. The van der Waals surface area contributed by atoms with Gasteiger partial charge in [0.25, 0.3) is 0 Å². The maximum absolute atomic E-state index is 13.6. The minimum absolute atomic E-state index is 0. The number of rotatable bonds is 4. The Hall–Kier alpha value is -1.22. The predicted molar refractivity (Wildman–Crippen MR) is 88.8 cm³/mol. The topological polar surface area (TPSA) is 87.3 Å². The number of piperidine rings is 1. The summed E-state index contributed by atoms with van der Waals surface area (Å²) in [5, 5.41) is 5.49. The molecule has 1 aliphatic heterocycles.